The van der Waals surface area contributed by atoms with E-state index in [1.165, 1.54) is 32.2 Å². The Morgan fingerprint density at radius 3 is 2.38 bits per heavy atom. The SMILES string of the molecule is CC(C)(N)CNCC1(C2CC2)CC1. The lowest BCUT2D eigenvalue weighted by Gasteiger charge is -2.22. The summed E-state index contributed by atoms with van der Waals surface area (Å²) in [5.74, 6) is 1.06. The molecule has 3 N–H and O–H groups in total. The minimum Gasteiger partial charge on any atom is -0.324 e. The van der Waals surface area contributed by atoms with E-state index >= 15 is 0 Å². The number of nitrogens with one attached hydrogen (secondary N) is 1. The highest BCUT2D eigenvalue weighted by Gasteiger charge is 2.53. The van der Waals surface area contributed by atoms with Crippen LogP contribution in [0, 0.1) is 11.3 Å². The maximum absolute atomic E-state index is 5.91. The third-order valence-electron chi connectivity index (χ3n) is 3.39. The van der Waals surface area contributed by atoms with Gasteiger partial charge >= 0.3 is 0 Å². The van der Waals surface area contributed by atoms with Gasteiger partial charge in [0.1, 0.15) is 0 Å². The predicted molar refractivity (Wildman–Crippen MR) is 55.5 cm³/mol. The van der Waals surface area contributed by atoms with Crippen LogP contribution in [-0.4, -0.2) is 18.6 Å². The Balaban J connectivity index is 1.68. The predicted octanol–water partition coefficient (Wildman–Crippen LogP) is 1.50. The molecule has 0 aromatic heterocycles. The molecule has 2 aliphatic rings. The van der Waals surface area contributed by atoms with Crippen molar-refractivity contribution in [3.05, 3.63) is 0 Å². The Bertz CT molecular complexity index is 185. The van der Waals surface area contributed by atoms with Gasteiger partial charge in [0.05, 0.1) is 0 Å². The van der Waals surface area contributed by atoms with E-state index < -0.39 is 0 Å². The number of rotatable bonds is 5. The molecular formula is C11H22N2. The van der Waals surface area contributed by atoms with Crippen molar-refractivity contribution in [1.29, 1.82) is 0 Å². The molecule has 0 aliphatic heterocycles. The van der Waals surface area contributed by atoms with Crippen LogP contribution in [0.15, 0.2) is 0 Å². The Hall–Kier alpha value is -0.0800. The first-order valence-corrected chi connectivity index (χ1v) is 5.52. The molecule has 0 radical (unpaired) electrons. The van der Waals surface area contributed by atoms with Gasteiger partial charge in [-0.2, -0.15) is 0 Å². The van der Waals surface area contributed by atoms with Gasteiger partial charge in [0.15, 0.2) is 0 Å². The second-order valence-electron chi connectivity index (χ2n) is 5.73. The summed E-state index contributed by atoms with van der Waals surface area (Å²) in [5.41, 5.74) is 6.57. The molecule has 0 spiro atoms. The largest absolute Gasteiger partial charge is 0.324 e. The van der Waals surface area contributed by atoms with E-state index in [0.29, 0.717) is 5.41 Å². The zero-order valence-corrected chi connectivity index (χ0v) is 8.90. The smallest absolute Gasteiger partial charge is 0.0223 e. The van der Waals surface area contributed by atoms with Crippen LogP contribution in [0.1, 0.15) is 39.5 Å². The van der Waals surface area contributed by atoms with Crippen molar-refractivity contribution in [2.24, 2.45) is 17.1 Å². The van der Waals surface area contributed by atoms with Gasteiger partial charge in [0.2, 0.25) is 0 Å². The lowest BCUT2D eigenvalue weighted by Crippen LogP contribution is -2.44. The highest BCUT2D eigenvalue weighted by molar-refractivity contribution is 5.05. The van der Waals surface area contributed by atoms with Crippen molar-refractivity contribution in [3.63, 3.8) is 0 Å². The minimum atomic E-state index is -0.0559. The van der Waals surface area contributed by atoms with Crippen LogP contribution in [-0.2, 0) is 0 Å². The fourth-order valence-corrected chi connectivity index (χ4v) is 2.22. The number of nitrogens with two attached hydrogens (primary N) is 1. The average Bonchev–Trinajstić information content (AvgIpc) is 2.80. The number of hydrogen-bond acceptors (Lipinski definition) is 2. The van der Waals surface area contributed by atoms with E-state index in [-0.39, 0.29) is 5.54 Å². The molecule has 0 unspecified atom stereocenters. The van der Waals surface area contributed by atoms with Crippen molar-refractivity contribution in [2.45, 2.75) is 45.1 Å². The maximum Gasteiger partial charge on any atom is 0.0223 e. The first kappa shape index (κ1) is 9.47. The van der Waals surface area contributed by atoms with Gasteiger partial charge in [-0.3, -0.25) is 0 Å². The molecule has 0 aromatic rings. The Morgan fingerprint density at radius 1 is 1.38 bits per heavy atom. The molecule has 0 atom stereocenters. The molecule has 2 nitrogen and oxygen atoms in total. The molecule has 0 amide bonds. The summed E-state index contributed by atoms with van der Waals surface area (Å²) in [6, 6.07) is 0. The van der Waals surface area contributed by atoms with Gasteiger partial charge < -0.3 is 11.1 Å². The van der Waals surface area contributed by atoms with E-state index in [2.05, 4.69) is 19.2 Å². The number of hydrogen-bond donors (Lipinski definition) is 2. The molecular weight excluding hydrogens is 160 g/mol. The molecule has 76 valence electrons. The van der Waals surface area contributed by atoms with Gasteiger partial charge in [0.25, 0.3) is 0 Å². The van der Waals surface area contributed by atoms with Crippen LogP contribution in [0.4, 0.5) is 0 Å². The summed E-state index contributed by atoms with van der Waals surface area (Å²) in [6.45, 7) is 6.31. The Kier molecular flexibility index (Phi) is 2.16. The van der Waals surface area contributed by atoms with Crippen LogP contribution in [0.5, 0.6) is 0 Å². The highest BCUT2D eigenvalue weighted by atomic mass is 14.9. The van der Waals surface area contributed by atoms with Crippen molar-refractivity contribution in [3.8, 4) is 0 Å². The zero-order chi connectivity index (χ0) is 9.53. The van der Waals surface area contributed by atoms with Gasteiger partial charge in [-0.1, -0.05) is 0 Å². The summed E-state index contributed by atoms with van der Waals surface area (Å²) in [4.78, 5) is 0. The molecule has 0 bridgehead atoms. The lowest BCUT2D eigenvalue weighted by atomic mass is 10.00. The molecule has 0 heterocycles. The first-order valence-electron chi connectivity index (χ1n) is 5.52. The topological polar surface area (TPSA) is 38.0 Å². The van der Waals surface area contributed by atoms with E-state index in [1.807, 2.05) is 0 Å². The molecule has 0 aromatic carbocycles. The molecule has 2 saturated carbocycles. The van der Waals surface area contributed by atoms with Gasteiger partial charge in [-0.25, -0.2) is 0 Å². The monoisotopic (exact) mass is 182 g/mol. The first-order chi connectivity index (χ1) is 6.02. The molecule has 2 heteroatoms. The van der Waals surface area contributed by atoms with E-state index in [4.69, 9.17) is 5.73 Å². The van der Waals surface area contributed by atoms with Crippen molar-refractivity contribution in [1.82, 2.24) is 5.32 Å². The molecule has 13 heavy (non-hydrogen) atoms. The van der Waals surface area contributed by atoms with Crippen LogP contribution in [0.3, 0.4) is 0 Å². The van der Waals surface area contributed by atoms with E-state index in [1.54, 1.807) is 0 Å². The molecule has 2 aliphatic carbocycles. The molecule has 2 rings (SSSR count). The summed E-state index contributed by atoms with van der Waals surface area (Å²) >= 11 is 0. The van der Waals surface area contributed by atoms with Crippen LogP contribution in [0.25, 0.3) is 0 Å². The summed E-state index contributed by atoms with van der Waals surface area (Å²) < 4.78 is 0. The van der Waals surface area contributed by atoms with Crippen molar-refractivity contribution >= 4 is 0 Å². The minimum absolute atomic E-state index is 0.0559. The molecule has 2 fully saturated rings. The van der Waals surface area contributed by atoms with E-state index in [9.17, 15) is 0 Å². The highest BCUT2D eigenvalue weighted by Crippen LogP contribution is 2.60. The van der Waals surface area contributed by atoms with E-state index in [0.717, 1.165) is 12.5 Å². The molecule has 0 saturated heterocycles. The van der Waals surface area contributed by atoms with Gasteiger partial charge in [0, 0.05) is 18.6 Å². The third-order valence-corrected chi connectivity index (χ3v) is 3.39. The van der Waals surface area contributed by atoms with Crippen molar-refractivity contribution < 1.29 is 0 Å². The second-order valence-corrected chi connectivity index (χ2v) is 5.73. The summed E-state index contributed by atoms with van der Waals surface area (Å²) in [6.07, 6.45) is 5.87. The second kappa shape index (κ2) is 2.96. The quantitative estimate of drug-likeness (QED) is 0.676. The Morgan fingerprint density at radius 2 is 2.00 bits per heavy atom. The normalized spacial score (nSPS) is 26.1. The zero-order valence-electron chi connectivity index (χ0n) is 8.90. The fraction of sp³-hybridized carbons (Fsp3) is 1.00. The van der Waals surface area contributed by atoms with Crippen LogP contribution >= 0.6 is 0 Å². The van der Waals surface area contributed by atoms with Gasteiger partial charge in [-0.15, -0.1) is 0 Å². The van der Waals surface area contributed by atoms with Gasteiger partial charge in [-0.05, 0) is 50.9 Å². The summed E-state index contributed by atoms with van der Waals surface area (Å²) in [5, 5.41) is 3.52. The average molecular weight is 182 g/mol. The Labute approximate surface area is 81.3 Å². The van der Waals surface area contributed by atoms with Crippen molar-refractivity contribution in [2.75, 3.05) is 13.1 Å². The van der Waals surface area contributed by atoms with Crippen LogP contribution in [0.2, 0.25) is 0 Å². The summed E-state index contributed by atoms with van der Waals surface area (Å²) in [7, 11) is 0. The lowest BCUT2D eigenvalue weighted by molar-refractivity contribution is 0.373. The third kappa shape index (κ3) is 2.44. The maximum atomic E-state index is 5.91. The standard InChI is InChI=1S/C11H22N2/c1-10(2,12)7-13-8-11(5-6-11)9-3-4-9/h9,13H,3-8,12H2,1-2H3. The fourth-order valence-electron chi connectivity index (χ4n) is 2.22. The van der Waals surface area contributed by atoms with Crippen LogP contribution < -0.4 is 11.1 Å².